The van der Waals surface area contributed by atoms with Crippen molar-refractivity contribution in [2.45, 2.75) is 11.8 Å². The van der Waals surface area contributed by atoms with Crippen LogP contribution >= 0.6 is 15.9 Å². The van der Waals surface area contributed by atoms with E-state index in [0.29, 0.717) is 4.47 Å². The van der Waals surface area contributed by atoms with Crippen molar-refractivity contribution in [1.82, 2.24) is 0 Å². The minimum atomic E-state index is -4.93. The Hall–Kier alpha value is -1.40. The molecule has 106 valence electrons. The fraction of sp³-hybridized carbons (Fsp3) is 0.143. The summed E-state index contributed by atoms with van der Waals surface area (Å²) in [5.41, 5.74) is -3.95. The number of hydrogen-bond donors (Lipinski definition) is 1. The van der Waals surface area contributed by atoms with Gasteiger partial charge in [-0.15, -0.1) is 0 Å². The van der Waals surface area contributed by atoms with Gasteiger partial charge in [-0.2, -0.15) is 13.2 Å². The third-order valence-corrected chi connectivity index (χ3v) is 3.46. The predicted molar refractivity (Wildman–Crippen MR) is 69.6 cm³/mol. The van der Waals surface area contributed by atoms with Crippen LogP contribution in [-0.2, 0) is 5.60 Å². The van der Waals surface area contributed by atoms with E-state index in [0.717, 1.165) is 24.3 Å². The second-order valence-electron chi connectivity index (χ2n) is 4.22. The summed E-state index contributed by atoms with van der Waals surface area (Å²) in [6, 6.07) is 8.73. The highest BCUT2D eigenvalue weighted by molar-refractivity contribution is 9.10. The smallest absolute Gasteiger partial charge is 0.372 e. The molecule has 0 heterocycles. The van der Waals surface area contributed by atoms with E-state index < -0.39 is 23.2 Å². The van der Waals surface area contributed by atoms with Crippen LogP contribution in [0, 0.1) is 5.82 Å². The van der Waals surface area contributed by atoms with Crippen molar-refractivity contribution in [2.24, 2.45) is 0 Å². The summed E-state index contributed by atoms with van der Waals surface area (Å²) in [5.74, 6) is -0.672. The van der Waals surface area contributed by atoms with Gasteiger partial charge in [0, 0.05) is 4.47 Å². The molecule has 1 nitrogen and oxygen atoms in total. The molecule has 6 heteroatoms. The molecule has 0 aliphatic rings. The fourth-order valence-corrected chi connectivity index (χ4v) is 2.14. The number of alkyl halides is 3. The van der Waals surface area contributed by atoms with E-state index in [-0.39, 0.29) is 5.56 Å². The van der Waals surface area contributed by atoms with Gasteiger partial charge in [0.15, 0.2) is 0 Å². The molecule has 2 aromatic carbocycles. The largest absolute Gasteiger partial charge is 0.425 e. The fourth-order valence-electron chi connectivity index (χ4n) is 1.88. The maximum absolute atomic E-state index is 13.3. The van der Waals surface area contributed by atoms with Gasteiger partial charge in [0.25, 0.3) is 0 Å². The zero-order valence-electron chi connectivity index (χ0n) is 9.96. The van der Waals surface area contributed by atoms with Gasteiger partial charge in [0.2, 0.25) is 5.60 Å². The lowest BCUT2D eigenvalue weighted by atomic mass is 9.86. The molecule has 0 saturated carbocycles. The highest BCUT2D eigenvalue weighted by atomic mass is 79.9. The van der Waals surface area contributed by atoms with Crippen LogP contribution in [0.15, 0.2) is 53.0 Å². The standard InChI is InChI=1S/C14H9BrF4O/c15-11-5-1-9(2-6-11)13(20,14(17,18)19)10-3-7-12(16)8-4-10/h1-8,20H. The summed E-state index contributed by atoms with van der Waals surface area (Å²) < 4.78 is 53.4. The molecule has 20 heavy (non-hydrogen) atoms. The van der Waals surface area contributed by atoms with Crippen LogP contribution in [0.1, 0.15) is 11.1 Å². The first-order valence-corrected chi connectivity index (χ1v) is 6.35. The first kappa shape index (κ1) is 15.0. The molecule has 0 spiro atoms. The average Bonchev–Trinajstić information content (AvgIpc) is 2.38. The van der Waals surface area contributed by atoms with Gasteiger partial charge in [-0.25, -0.2) is 4.39 Å². The Morgan fingerprint density at radius 1 is 0.800 bits per heavy atom. The minimum absolute atomic E-state index is 0.334. The number of benzene rings is 2. The van der Waals surface area contributed by atoms with E-state index in [9.17, 15) is 22.7 Å². The average molecular weight is 349 g/mol. The topological polar surface area (TPSA) is 20.2 Å². The Labute approximate surface area is 121 Å². The molecule has 0 fully saturated rings. The normalized spacial score (nSPS) is 14.9. The highest BCUT2D eigenvalue weighted by Gasteiger charge is 2.56. The molecule has 0 radical (unpaired) electrons. The Bertz CT molecular complexity index is 545. The van der Waals surface area contributed by atoms with E-state index >= 15 is 0 Å². The minimum Gasteiger partial charge on any atom is -0.372 e. The lowest BCUT2D eigenvalue weighted by Gasteiger charge is -2.31. The molecule has 0 aromatic heterocycles. The molecule has 0 bridgehead atoms. The van der Waals surface area contributed by atoms with Gasteiger partial charge in [-0.1, -0.05) is 40.2 Å². The monoisotopic (exact) mass is 348 g/mol. The molecule has 0 saturated heterocycles. The van der Waals surface area contributed by atoms with Crippen LogP contribution in [0.5, 0.6) is 0 Å². The maximum Gasteiger partial charge on any atom is 0.425 e. The van der Waals surface area contributed by atoms with E-state index in [2.05, 4.69) is 15.9 Å². The molecule has 0 aliphatic heterocycles. The Morgan fingerprint density at radius 2 is 1.20 bits per heavy atom. The molecule has 2 rings (SSSR count). The van der Waals surface area contributed by atoms with E-state index in [1.54, 1.807) is 0 Å². The molecule has 1 unspecified atom stereocenters. The lowest BCUT2D eigenvalue weighted by Crippen LogP contribution is -2.43. The predicted octanol–water partition coefficient (Wildman–Crippen LogP) is 4.39. The molecule has 0 amide bonds. The summed E-state index contributed by atoms with van der Waals surface area (Å²) in [6.45, 7) is 0. The quantitative estimate of drug-likeness (QED) is 0.798. The molecular weight excluding hydrogens is 340 g/mol. The first-order chi connectivity index (χ1) is 9.25. The highest BCUT2D eigenvalue weighted by Crippen LogP contribution is 2.44. The van der Waals surface area contributed by atoms with Crippen LogP contribution in [0.2, 0.25) is 0 Å². The van der Waals surface area contributed by atoms with Crippen LogP contribution in [0.25, 0.3) is 0 Å². The van der Waals surface area contributed by atoms with Crippen LogP contribution in [0.4, 0.5) is 17.6 Å². The van der Waals surface area contributed by atoms with Crippen molar-refractivity contribution in [2.75, 3.05) is 0 Å². The zero-order valence-corrected chi connectivity index (χ0v) is 11.5. The summed E-state index contributed by atoms with van der Waals surface area (Å²) in [4.78, 5) is 0. The van der Waals surface area contributed by atoms with Crippen molar-refractivity contribution < 1.29 is 22.7 Å². The number of rotatable bonds is 2. The van der Waals surface area contributed by atoms with Crippen molar-refractivity contribution in [3.05, 3.63) is 69.9 Å². The third-order valence-electron chi connectivity index (χ3n) is 2.93. The Balaban J connectivity index is 2.62. The molecule has 2 aromatic rings. The van der Waals surface area contributed by atoms with Crippen molar-refractivity contribution in [3.8, 4) is 0 Å². The van der Waals surface area contributed by atoms with E-state index in [1.807, 2.05) is 0 Å². The van der Waals surface area contributed by atoms with Gasteiger partial charge < -0.3 is 5.11 Å². The maximum atomic E-state index is 13.3. The summed E-state index contributed by atoms with van der Waals surface area (Å²) in [7, 11) is 0. The van der Waals surface area contributed by atoms with E-state index in [4.69, 9.17) is 0 Å². The van der Waals surface area contributed by atoms with Gasteiger partial charge in [0.05, 0.1) is 0 Å². The Kier molecular flexibility index (Phi) is 3.88. The number of hydrogen-bond acceptors (Lipinski definition) is 1. The first-order valence-electron chi connectivity index (χ1n) is 5.56. The van der Waals surface area contributed by atoms with Crippen LogP contribution in [-0.4, -0.2) is 11.3 Å². The third kappa shape index (κ3) is 2.58. The van der Waals surface area contributed by atoms with Crippen molar-refractivity contribution in [3.63, 3.8) is 0 Å². The second-order valence-corrected chi connectivity index (χ2v) is 5.14. The summed E-state index contributed by atoms with van der Waals surface area (Å²) in [6.07, 6.45) is -4.93. The molecular formula is C14H9BrF4O. The molecule has 1 atom stereocenters. The number of aliphatic hydroxyl groups is 1. The van der Waals surface area contributed by atoms with Crippen molar-refractivity contribution in [1.29, 1.82) is 0 Å². The number of halogens is 5. The van der Waals surface area contributed by atoms with Crippen molar-refractivity contribution >= 4 is 15.9 Å². The van der Waals surface area contributed by atoms with Gasteiger partial charge in [-0.05, 0) is 35.4 Å². The SMILES string of the molecule is OC(c1ccc(F)cc1)(c1ccc(Br)cc1)C(F)(F)F. The van der Waals surface area contributed by atoms with Gasteiger partial charge >= 0.3 is 6.18 Å². The van der Waals surface area contributed by atoms with E-state index in [1.165, 1.54) is 24.3 Å². The molecule has 0 aliphatic carbocycles. The lowest BCUT2D eigenvalue weighted by molar-refractivity contribution is -0.248. The van der Waals surface area contributed by atoms with Crippen LogP contribution in [0.3, 0.4) is 0 Å². The Morgan fingerprint density at radius 3 is 1.60 bits per heavy atom. The second kappa shape index (κ2) is 5.18. The summed E-state index contributed by atoms with van der Waals surface area (Å²) >= 11 is 3.12. The van der Waals surface area contributed by atoms with Gasteiger partial charge in [-0.3, -0.25) is 0 Å². The van der Waals surface area contributed by atoms with Gasteiger partial charge in [0.1, 0.15) is 5.82 Å². The zero-order chi connectivity index (χ0) is 15.0. The van der Waals surface area contributed by atoms with Crippen LogP contribution < -0.4 is 0 Å². The summed E-state index contributed by atoms with van der Waals surface area (Å²) in [5, 5.41) is 10.2. The molecule has 1 N–H and O–H groups in total.